The number of carbonyl (C=O) groups excluding carboxylic acids is 2. The highest BCUT2D eigenvalue weighted by molar-refractivity contribution is 7.92. The van der Waals surface area contributed by atoms with E-state index in [1.54, 1.807) is 12.1 Å². The number of nitrogens with one attached hydrogen (secondary N) is 1. The molecule has 9 heteroatoms. The van der Waals surface area contributed by atoms with E-state index in [1.807, 2.05) is 42.2 Å². The highest BCUT2D eigenvalue weighted by Crippen LogP contribution is 2.30. The number of carbonyl (C=O) groups is 2. The topological polar surface area (TPSA) is 96.0 Å². The Balaban J connectivity index is 1.67. The summed E-state index contributed by atoms with van der Waals surface area (Å²) >= 11 is 0. The van der Waals surface area contributed by atoms with Crippen LogP contribution >= 0.6 is 0 Å². The van der Waals surface area contributed by atoms with Crippen molar-refractivity contribution in [2.45, 2.75) is 32.9 Å². The molecule has 172 valence electrons. The number of anilines is 1. The smallest absolute Gasteiger partial charge is 0.241 e. The number of benzene rings is 2. The predicted molar refractivity (Wildman–Crippen MR) is 123 cm³/mol. The Kier molecular flexibility index (Phi) is 7.40. The summed E-state index contributed by atoms with van der Waals surface area (Å²) < 4.78 is 31.2. The quantitative estimate of drug-likeness (QED) is 0.620. The normalized spacial score (nSPS) is 13.8. The van der Waals surface area contributed by atoms with E-state index in [-0.39, 0.29) is 19.0 Å². The summed E-state index contributed by atoms with van der Waals surface area (Å²) in [7, 11) is -2.26. The Morgan fingerprint density at radius 2 is 1.94 bits per heavy atom. The van der Waals surface area contributed by atoms with Crippen LogP contribution in [0.25, 0.3) is 0 Å². The molecule has 1 fully saturated rings. The summed E-state index contributed by atoms with van der Waals surface area (Å²) in [5, 5.41) is 2.79. The third-order valence-corrected chi connectivity index (χ3v) is 6.44. The third-order valence-electron chi connectivity index (χ3n) is 5.32. The Bertz CT molecular complexity index is 1100. The van der Waals surface area contributed by atoms with Crippen LogP contribution in [0.15, 0.2) is 42.5 Å². The van der Waals surface area contributed by atoms with Gasteiger partial charge in [0.2, 0.25) is 21.8 Å². The van der Waals surface area contributed by atoms with Crippen LogP contribution < -0.4 is 14.4 Å². The summed E-state index contributed by atoms with van der Waals surface area (Å²) in [6, 6.07) is 12.8. The molecular formula is C23H29N3O5S. The zero-order valence-corrected chi connectivity index (χ0v) is 19.4. The van der Waals surface area contributed by atoms with Gasteiger partial charge in [0.15, 0.2) is 0 Å². The Morgan fingerprint density at radius 3 is 2.59 bits per heavy atom. The molecule has 1 saturated heterocycles. The first-order chi connectivity index (χ1) is 15.2. The van der Waals surface area contributed by atoms with E-state index in [9.17, 15) is 18.0 Å². The lowest BCUT2D eigenvalue weighted by Gasteiger charge is -2.24. The molecule has 0 bridgehead atoms. The Morgan fingerprint density at radius 1 is 1.19 bits per heavy atom. The maximum atomic E-state index is 12.6. The number of rotatable bonds is 9. The number of hydrogen-bond donors (Lipinski definition) is 1. The van der Waals surface area contributed by atoms with Crippen molar-refractivity contribution in [3.05, 3.63) is 59.2 Å². The van der Waals surface area contributed by atoms with Crippen molar-refractivity contribution in [2.75, 3.05) is 30.8 Å². The summed E-state index contributed by atoms with van der Waals surface area (Å²) in [5.74, 6) is 0.105. The predicted octanol–water partition coefficient (Wildman–Crippen LogP) is 2.21. The molecule has 1 heterocycles. The molecule has 32 heavy (non-hydrogen) atoms. The molecule has 0 unspecified atom stereocenters. The van der Waals surface area contributed by atoms with Crippen LogP contribution in [-0.2, 0) is 32.7 Å². The highest BCUT2D eigenvalue weighted by atomic mass is 32.2. The number of hydrogen-bond acceptors (Lipinski definition) is 5. The van der Waals surface area contributed by atoms with Crippen molar-refractivity contribution in [1.29, 1.82) is 0 Å². The lowest BCUT2D eigenvalue weighted by atomic mass is 10.1. The fourth-order valence-corrected chi connectivity index (χ4v) is 4.54. The average Bonchev–Trinajstić information content (AvgIpc) is 3.14. The standard InChI is InChI=1S/C23H29N3O5S/c1-17-9-10-21(31-2)20(12-17)26(32(3,29)30)16-22(27)24-14-18-6-4-7-19(13-18)15-25-11-5-8-23(25)28/h4,6-7,9-10,12-13H,5,8,11,14-16H2,1-3H3,(H,24,27). The summed E-state index contributed by atoms with van der Waals surface area (Å²) in [5.41, 5.74) is 3.04. The third kappa shape index (κ3) is 6.00. The molecule has 1 aliphatic heterocycles. The molecule has 0 aliphatic carbocycles. The summed E-state index contributed by atoms with van der Waals surface area (Å²) in [6.45, 7) is 3.05. The van der Waals surface area contributed by atoms with Crippen molar-refractivity contribution >= 4 is 27.5 Å². The van der Waals surface area contributed by atoms with Crippen molar-refractivity contribution in [3.8, 4) is 5.75 Å². The monoisotopic (exact) mass is 459 g/mol. The maximum absolute atomic E-state index is 12.6. The molecule has 3 rings (SSSR count). The van der Waals surface area contributed by atoms with Crippen molar-refractivity contribution in [1.82, 2.24) is 10.2 Å². The Hall–Kier alpha value is -3.07. The van der Waals surface area contributed by atoms with E-state index in [0.29, 0.717) is 24.4 Å². The van der Waals surface area contributed by atoms with Gasteiger partial charge in [-0.05, 0) is 42.2 Å². The van der Waals surface area contributed by atoms with Crippen molar-refractivity contribution < 1.29 is 22.7 Å². The molecule has 0 spiro atoms. The number of likely N-dealkylation sites (tertiary alicyclic amines) is 1. The van der Waals surface area contributed by atoms with Gasteiger partial charge in [-0.2, -0.15) is 0 Å². The summed E-state index contributed by atoms with van der Waals surface area (Å²) in [6.07, 6.45) is 2.54. The van der Waals surface area contributed by atoms with E-state index in [4.69, 9.17) is 4.74 Å². The zero-order valence-electron chi connectivity index (χ0n) is 18.6. The van der Waals surface area contributed by atoms with E-state index in [2.05, 4.69) is 5.32 Å². The van der Waals surface area contributed by atoms with Gasteiger partial charge in [-0.3, -0.25) is 13.9 Å². The maximum Gasteiger partial charge on any atom is 0.241 e. The molecule has 1 aliphatic rings. The highest BCUT2D eigenvalue weighted by Gasteiger charge is 2.24. The first kappa shape index (κ1) is 23.6. The minimum Gasteiger partial charge on any atom is -0.495 e. The van der Waals surface area contributed by atoms with Gasteiger partial charge >= 0.3 is 0 Å². The van der Waals surface area contributed by atoms with Gasteiger partial charge in [0.25, 0.3) is 0 Å². The van der Waals surface area contributed by atoms with E-state index < -0.39 is 15.9 Å². The van der Waals surface area contributed by atoms with Gasteiger partial charge in [0.05, 0.1) is 19.1 Å². The second-order valence-corrected chi connectivity index (χ2v) is 9.87. The van der Waals surface area contributed by atoms with Gasteiger partial charge in [-0.15, -0.1) is 0 Å². The van der Waals surface area contributed by atoms with Crippen LogP contribution in [0.2, 0.25) is 0 Å². The van der Waals surface area contributed by atoms with Crippen LogP contribution in [0.1, 0.15) is 29.5 Å². The van der Waals surface area contributed by atoms with Crippen LogP contribution in [0.4, 0.5) is 5.69 Å². The fraction of sp³-hybridized carbons (Fsp3) is 0.391. The fourth-order valence-electron chi connectivity index (χ4n) is 3.69. The number of methoxy groups -OCH3 is 1. The second kappa shape index (κ2) is 10.0. The van der Waals surface area contributed by atoms with Gasteiger partial charge in [0, 0.05) is 26.1 Å². The molecule has 1 N–H and O–H groups in total. The van der Waals surface area contributed by atoms with Gasteiger partial charge in [-0.1, -0.05) is 30.3 Å². The number of amides is 2. The number of nitrogens with zero attached hydrogens (tertiary/aromatic N) is 2. The first-order valence-electron chi connectivity index (χ1n) is 10.4. The molecular weight excluding hydrogens is 430 g/mol. The van der Waals surface area contributed by atoms with Gasteiger partial charge in [0.1, 0.15) is 12.3 Å². The van der Waals surface area contributed by atoms with Crippen LogP contribution in [-0.4, -0.2) is 51.6 Å². The molecule has 2 amide bonds. The minimum atomic E-state index is -3.72. The van der Waals surface area contributed by atoms with Crippen LogP contribution in [0, 0.1) is 6.92 Å². The zero-order chi connectivity index (χ0) is 23.3. The molecule has 0 radical (unpaired) electrons. The molecule has 8 nitrogen and oxygen atoms in total. The molecule has 0 aromatic heterocycles. The summed E-state index contributed by atoms with van der Waals surface area (Å²) in [4.78, 5) is 26.3. The lowest BCUT2D eigenvalue weighted by molar-refractivity contribution is -0.128. The second-order valence-electron chi connectivity index (χ2n) is 7.96. The number of aryl methyl sites for hydroxylation is 1. The van der Waals surface area contributed by atoms with Gasteiger partial charge < -0.3 is 15.0 Å². The molecule has 2 aromatic carbocycles. The largest absolute Gasteiger partial charge is 0.495 e. The SMILES string of the molecule is COc1ccc(C)cc1N(CC(=O)NCc1cccc(CN2CCCC2=O)c1)S(C)(=O)=O. The lowest BCUT2D eigenvalue weighted by Crippen LogP contribution is -2.40. The van der Waals surface area contributed by atoms with Gasteiger partial charge in [-0.25, -0.2) is 8.42 Å². The van der Waals surface area contributed by atoms with E-state index >= 15 is 0 Å². The van der Waals surface area contributed by atoms with E-state index in [0.717, 1.165) is 40.2 Å². The Labute approximate surface area is 189 Å². The van der Waals surface area contributed by atoms with Crippen LogP contribution in [0.5, 0.6) is 5.75 Å². The molecule has 0 saturated carbocycles. The first-order valence-corrected chi connectivity index (χ1v) is 12.3. The molecule has 0 atom stereocenters. The van der Waals surface area contributed by atoms with Crippen molar-refractivity contribution in [3.63, 3.8) is 0 Å². The van der Waals surface area contributed by atoms with E-state index in [1.165, 1.54) is 7.11 Å². The number of sulfonamides is 1. The minimum absolute atomic E-state index is 0.163. The van der Waals surface area contributed by atoms with Crippen molar-refractivity contribution in [2.24, 2.45) is 0 Å². The van der Waals surface area contributed by atoms with Crippen LogP contribution in [0.3, 0.4) is 0 Å². The molecule has 2 aromatic rings. The average molecular weight is 460 g/mol. The number of ether oxygens (including phenoxy) is 1.